The van der Waals surface area contributed by atoms with Gasteiger partial charge in [0.15, 0.2) is 35.3 Å². The molecule has 20 heteroatoms. The number of hydrogen-bond acceptors (Lipinski definition) is 15. The van der Waals surface area contributed by atoms with Gasteiger partial charge in [-0.2, -0.15) is 0 Å². The Morgan fingerprint density at radius 2 is 1.63 bits per heavy atom. The molecule has 1 unspecified atom stereocenters. The van der Waals surface area contributed by atoms with E-state index in [0.29, 0.717) is 16.7 Å². The first-order valence-electron chi connectivity index (χ1n) is 12.4. The molecule has 3 aliphatic rings. The molecule has 4 aromatic rings. The number of nitrogen functional groups attached to an aromatic ring is 2. The summed E-state index contributed by atoms with van der Waals surface area (Å²) in [6.45, 7) is -4.24. The molecule has 0 amide bonds. The third-order valence-corrected chi connectivity index (χ3v) is 9.87. The smallest absolute Gasteiger partial charge is 0.386 e. The minimum absolute atomic E-state index is 0.124. The monoisotopic (exact) mass is 626 g/mol. The maximum Gasteiger partial charge on any atom is 0.386 e. The number of thioether (sulfide) groups is 1. The molecule has 0 spiro atoms. The summed E-state index contributed by atoms with van der Waals surface area (Å²) in [5.74, 6) is 0.669. The number of thiol groups is 1. The van der Waals surface area contributed by atoms with Crippen LogP contribution < -0.4 is 11.5 Å². The lowest BCUT2D eigenvalue weighted by Gasteiger charge is -2.28. The molecule has 6 heterocycles. The van der Waals surface area contributed by atoms with Crippen LogP contribution in [0.5, 0.6) is 0 Å². The molecule has 7 rings (SSSR count). The van der Waals surface area contributed by atoms with Gasteiger partial charge in [-0.3, -0.25) is 13.6 Å². The Balaban J connectivity index is 1.16. The Labute approximate surface area is 240 Å². The van der Waals surface area contributed by atoms with Crippen LogP contribution in [0, 0.1) is 0 Å². The highest BCUT2D eigenvalue weighted by atomic mass is 32.7. The quantitative estimate of drug-likeness (QED) is 0.182. The summed E-state index contributed by atoms with van der Waals surface area (Å²) in [4.78, 5) is 24.8. The second-order valence-corrected chi connectivity index (χ2v) is 13.6. The molecule has 0 aromatic carbocycles. The minimum Gasteiger partial charge on any atom is -0.388 e. The third kappa shape index (κ3) is 4.64. The maximum atomic E-state index is 16.0. The molecular weight excluding hydrogens is 602 g/mol. The molecule has 218 valence electrons. The number of alkyl halides is 1. The van der Waals surface area contributed by atoms with Crippen LogP contribution >= 0.6 is 30.8 Å². The van der Waals surface area contributed by atoms with Crippen molar-refractivity contribution in [2.75, 3.05) is 23.2 Å². The minimum atomic E-state index is -4.24. The molecule has 41 heavy (non-hydrogen) atoms. The molecule has 2 saturated heterocycles. The van der Waals surface area contributed by atoms with E-state index in [1.807, 2.05) is 0 Å². The molecule has 4 aromatic heterocycles. The largest absolute Gasteiger partial charge is 0.388 e. The van der Waals surface area contributed by atoms with Gasteiger partial charge in [0.05, 0.1) is 36.8 Å². The number of aliphatic hydroxyl groups is 1. The lowest BCUT2D eigenvalue weighted by molar-refractivity contribution is -0.0489. The van der Waals surface area contributed by atoms with E-state index in [1.54, 1.807) is 4.57 Å². The van der Waals surface area contributed by atoms with Crippen LogP contribution in [0.25, 0.3) is 22.3 Å². The first kappa shape index (κ1) is 27.2. The first-order valence-corrected chi connectivity index (χ1v) is 16.3. The van der Waals surface area contributed by atoms with Gasteiger partial charge in [0.25, 0.3) is 0 Å². The van der Waals surface area contributed by atoms with Crippen LogP contribution in [0.4, 0.5) is 16.0 Å². The molecule has 9 atom stereocenters. The second-order valence-electron chi connectivity index (χ2n) is 9.77. The zero-order valence-electron chi connectivity index (χ0n) is 21.0. The van der Waals surface area contributed by atoms with E-state index in [2.05, 4.69) is 42.2 Å². The SMILES string of the molecule is Nc1ncnc2c1ncn2[C@@H]1C[C@@H]2OP(=O)(S)O[C@H]3[C@@H](F)[C@H](n4cnc5c(N)ncnc54)O[C@@H]3CSCO[C@@H]1[C@@H]2O. The fraction of sp³-hybridized carbons (Fsp3) is 0.524. The van der Waals surface area contributed by atoms with Crippen molar-refractivity contribution in [3.05, 3.63) is 25.3 Å². The van der Waals surface area contributed by atoms with Crippen molar-refractivity contribution in [2.24, 2.45) is 0 Å². The van der Waals surface area contributed by atoms with Gasteiger partial charge in [0.1, 0.15) is 42.0 Å². The number of imidazole rings is 2. The van der Waals surface area contributed by atoms with Crippen LogP contribution in [0.3, 0.4) is 0 Å². The van der Waals surface area contributed by atoms with Gasteiger partial charge < -0.3 is 30.6 Å². The summed E-state index contributed by atoms with van der Waals surface area (Å²) in [5, 5.41) is 11.2. The molecule has 0 radical (unpaired) electrons. The Hall–Kier alpha value is -2.64. The number of aromatic nitrogens is 8. The van der Waals surface area contributed by atoms with Gasteiger partial charge in [0, 0.05) is 12.2 Å². The van der Waals surface area contributed by atoms with Crippen molar-refractivity contribution in [1.82, 2.24) is 39.0 Å². The molecular formula is C21H24FN10O6PS2. The highest BCUT2D eigenvalue weighted by Gasteiger charge is 2.53. The van der Waals surface area contributed by atoms with E-state index in [4.69, 9.17) is 30.0 Å². The first-order chi connectivity index (χ1) is 19.7. The van der Waals surface area contributed by atoms with Crippen molar-refractivity contribution in [2.45, 2.75) is 55.4 Å². The zero-order chi connectivity index (χ0) is 28.5. The molecule has 1 saturated carbocycles. The molecule has 2 aliphatic heterocycles. The summed E-state index contributed by atoms with van der Waals surface area (Å²) in [7, 11) is 0. The molecule has 2 bridgehead atoms. The average molecular weight is 627 g/mol. The number of aliphatic hydroxyl groups excluding tert-OH is 1. The van der Waals surface area contributed by atoms with Crippen LogP contribution in [0.2, 0.25) is 0 Å². The number of fused-ring (bicyclic) bond motifs is 5. The fourth-order valence-corrected chi connectivity index (χ4v) is 8.23. The highest BCUT2D eigenvalue weighted by molar-refractivity contribution is 8.44. The van der Waals surface area contributed by atoms with Crippen molar-refractivity contribution < 1.29 is 32.6 Å². The van der Waals surface area contributed by atoms with Crippen molar-refractivity contribution in [3.8, 4) is 0 Å². The number of halogens is 1. The van der Waals surface area contributed by atoms with E-state index < -0.39 is 55.8 Å². The maximum absolute atomic E-state index is 16.0. The molecule has 16 nitrogen and oxygen atoms in total. The number of rotatable bonds is 2. The van der Waals surface area contributed by atoms with Gasteiger partial charge in [-0.15, -0.1) is 11.8 Å². The Bertz CT molecular complexity index is 1660. The Morgan fingerprint density at radius 1 is 0.976 bits per heavy atom. The predicted octanol–water partition coefficient (Wildman–Crippen LogP) is 1.27. The zero-order valence-corrected chi connectivity index (χ0v) is 23.6. The predicted molar refractivity (Wildman–Crippen MR) is 146 cm³/mol. The summed E-state index contributed by atoms with van der Waals surface area (Å²) in [6.07, 6.45) is -2.66. The van der Waals surface area contributed by atoms with Crippen LogP contribution in [-0.4, -0.2) is 92.5 Å². The number of nitrogens with two attached hydrogens (primary N) is 2. The van der Waals surface area contributed by atoms with Crippen molar-refractivity contribution in [3.63, 3.8) is 0 Å². The van der Waals surface area contributed by atoms with E-state index in [0.717, 1.165) is 0 Å². The van der Waals surface area contributed by atoms with Crippen LogP contribution in [0.1, 0.15) is 18.7 Å². The van der Waals surface area contributed by atoms with E-state index >= 15 is 4.39 Å². The fourth-order valence-electron chi connectivity index (χ4n) is 5.53. The number of nitrogens with zero attached hydrogens (tertiary/aromatic N) is 8. The van der Waals surface area contributed by atoms with Crippen molar-refractivity contribution >= 4 is 64.8 Å². The van der Waals surface area contributed by atoms with Gasteiger partial charge in [0.2, 0.25) is 0 Å². The van der Waals surface area contributed by atoms with Gasteiger partial charge in [-0.1, -0.05) is 12.2 Å². The van der Waals surface area contributed by atoms with Crippen LogP contribution in [-0.2, 0) is 23.1 Å². The Morgan fingerprint density at radius 3 is 2.34 bits per heavy atom. The lowest BCUT2D eigenvalue weighted by Crippen LogP contribution is -2.37. The van der Waals surface area contributed by atoms with E-state index in [-0.39, 0.29) is 35.4 Å². The normalized spacial score (nSPS) is 36.3. The van der Waals surface area contributed by atoms with Gasteiger partial charge >= 0.3 is 6.80 Å². The average Bonchev–Trinajstić information content (AvgIpc) is 3.69. The van der Waals surface area contributed by atoms with Crippen LogP contribution in [0.15, 0.2) is 25.3 Å². The summed E-state index contributed by atoms with van der Waals surface area (Å²) in [5.41, 5.74) is 13.2. The number of hydrogen-bond donors (Lipinski definition) is 4. The number of ether oxygens (including phenoxy) is 2. The molecule has 5 N–H and O–H groups in total. The summed E-state index contributed by atoms with van der Waals surface area (Å²) < 4.78 is 56.2. The van der Waals surface area contributed by atoms with Gasteiger partial charge in [-0.05, 0) is 0 Å². The standard InChI is InChI=1S/C21H24FN10O6PS2/c22-11-16-10(36-21(11)32-6-30-13-18(24)26-4-28-20(13)32)2-41-7-35-15-8(1-9(14(15)33)37-39(34,40)38-16)31-5-29-12-17(23)25-3-27-19(12)31/h3-6,8-11,14-16,21,33H,1-2,7H2,(H,34,40)(H2,23,25,27)(H2,24,26,28)/t8-,9+,10-,11-,14-,15+,16-,21-,39?/m1/s1. The van der Waals surface area contributed by atoms with E-state index in [1.165, 1.54) is 41.6 Å². The third-order valence-electron chi connectivity index (χ3n) is 7.39. The Kier molecular flexibility index (Phi) is 6.81. The van der Waals surface area contributed by atoms with Gasteiger partial charge in [-0.25, -0.2) is 38.9 Å². The lowest BCUT2D eigenvalue weighted by atomic mass is 10.2. The molecule has 3 fully saturated rings. The highest BCUT2D eigenvalue weighted by Crippen LogP contribution is 2.59. The second kappa shape index (κ2) is 10.3. The van der Waals surface area contributed by atoms with E-state index in [9.17, 15) is 9.67 Å². The summed E-state index contributed by atoms with van der Waals surface area (Å²) >= 11 is 5.44. The molecule has 1 aliphatic carbocycles. The summed E-state index contributed by atoms with van der Waals surface area (Å²) in [6, 6.07) is -0.512. The van der Waals surface area contributed by atoms with Crippen molar-refractivity contribution in [1.29, 1.82) is 0 Å². The topological polar surface area (TPSA) is 213 Å². The number of anilines is 2.